The molecule has 7 heteroatoms. The van der Waals surface area contributed by atoms with Crippen LogP contribution in [0.5, 0.6) is 0 Å². The van der Waals surface area contributed by atoms with E-state index < -0.39 is 4.92 Å². The van der Waals surface area contributed by atoms with Crippen molar-refractivity contribution in [2.24, 2.45) is 0 Å². The van der Waals surface area contributed by atoms with Crippen LogP contribution in [0.4, 0.5) is 11.5 Å². The third-order valence-corrected chi connectivity index (χ3v) is 2.44. The van der Waals surface area contributed by atoms with Crippen LogP contribution in [0.3, 0.4) is 0 Å². The number of nitro groups is 1. The van der Waals surface area contributed by atoms with Crippen molar-refractivity contribution in [3.8, 4) is 0 Å². The molecule has 0 bridgehead atoms. The van der Waals surface area contributed by atoms with Gasteiger partial charge in [-0.3, -0.25) is 14.9 Å². The first-order valence-electron chi connectivity index (χ1n) is 6.05. The molecule has 0 aliphatic rings. The van der Waals surface area contributed by atoms with Crippen LogP contribution in [-0.4, -0.2) is 29.0 Å². The normalized spacial score (nSPS) is 10.0. The number of ether oxygens (including phenoxy) is 1. The highest BCUT2D eigenvalue weighted by Crippen LogP contribution is 2.19. The van der Waals surface area contributed by atoms with Crippen LogP contribution < -0.4 is 5.32 Å². The standard InChI is InChI=1S/C12H17N3O4/c1-3-19-12(16)5-4-6-13-11-7-10(15(17)18)9(2)8-14-11/h7-8H,3-6H2,1-2H3,(H,13,14). The van der Waals surface area contributed by atoms with Crippen molar-refractivity contribution in [1.29, 1.82) is 0 Å². The topological polar surface area (TPSA) is 94.4 Å². The average Bonchev–Trinajstić information content (AvgIpc) is 2.36. The van der Waals surface area contributed by atoms with Crippen LogP contribution in [0.15, 0.2) is 12.3 Å². The molecule has 1 rings (SSSR count). The minimum Gasteiger partial charge on any atom is -0.466 e. The largest absolute Gasteiger partial charge is 0.466 e. The van der Waals surface area contributed by atoms with Crippen LogP contribution in [0.2, 0.25) is 0 Å². The molecule has 19 heavy (non-hydrogen) atoms. The predicted octanol–water partition coefficient (Wildman–Crippen LogP) is 2.05. The van der Waals surface area contributed by atoms with E-state index in [2.05, 4.69) is 10.3 Å². The van der Waals surface area contributed by atoms with Gasteiger partial charge in [0.25, 0.3) is 5.69 Å². The lowest BCUT2D eigenvalue weighted by Crippen LogP contribution is -2.09. The van der Waals surface area contributed by atoms with Crippen molar-refractivity contribution < 1.29 is 14.5 Å². The van der Waals surface area contributed by atoms with Crippen molar-refractivity contribution in [1.82, 2.24) is 4.98 Å². The van der Waals surface area contributed by atoms with Crippen LogP contribution in [0, 0.1) is 17.0 Å². The van der Waals surface area contributed by atoms with Gasteiger partial charge in [0.2, 0.25) is 0 Å². The van der Waals surface area contributed by atoms with Crippen LogP contribution in [0.1, 0.15) is 25.3 Å². The summed E-state index contributed by atoms with van der Waals surface area (Å²) in [4.78, 5) is 25.4. The second kappa shape index (κ2) is 7.30. The quantitative estimate of drug-likeness (QED) is 0.351. The Labute approximate surface area is 111 Å². The molecule has 1 heterocycles. The average molecular weight is 267 g/mol. The zero-order valence-corrected chi connectivity index (χ0v) is 11.0. The smallest absolute Gasteiger partial charge is 0.305 e. The van der Waals surface area contributed by atoms with E-state index in [4.69, 9.17) is 4.74 Å². The molecular formula is C12H17N3O4. The molecule has 1 N–H and O–H groups in total. The molecule has 0 fully saturated rings. The number of aromatic nitrogens is 1. The van der Waals surface area contributed by atoms with E-state index in [0.717, 1.165) is 0 Å². The van der Waals surface area contributed by atoms with Gasteiger partial charge in [0.15, 0.2) is 0 Å². The molecule has 0 aliphatic heterocycles. The number of pyridine rings is 1. The summed E-state index contributed by atoms with van der Waals surface area (Å²) in [5, 5.41) is 13.7. The molecule has 1 aromatic heterocycles. The van der Waals surface area contributed by atoms with Crippen molar-refractivity contribution in [2.75, 3.05) is 18.5 Å². The number of nitrogens with one attached hydrogen (secondary N) is 1. The Hall–Kier alpha value is -2.18. The van der Waals surface area contributed by atoms with E-state index in [0.29, 0.717) is 37.4 Å². The first-order chi connectivity index (χ1) is 9.04. The van der Waals surface area contributed by atoms with Crippen LogP contribution >= 0.6 is 0 Å². The molecule has 0 radical (unpaired) electrons. The Balaban J connectivity index is 2.44. The number of aryl methyl sites for hydroxylation is 1. The molecule has 104 valence electrons. The number of anilines is 1. The molecular weight excluding hydrogens is 250 g/mol. The number of hydrogen-bond donors (Lipinski definition) is 1. The van der Waals surface area contributed by atoms with E-state index in [9.17, 15) is 14.9 Å². The van der Waals surface area contributed by atoms with Crippen LogP contribution in [-0.2, 0) is 9.53 Å². The van der Waals surface area contributed by atoms with Crippen molar-refractivity contribution in [2.45, 2.75) is 26.7 Å². The fraction of sp³-hybridized carbons (Fsp3) is 0.500. The number of rotatable bonds is 7. The molecule has 0 saturated heterocycles. The van der Waals surface area contributed by atoms with Gasteiger partial charge in [0.1, 0.15) is 5.82 Å². The number of nitrogens with zero attached hydrogens (tertiary/aromatic N) is 2. The second-order valence-corrected chi connectivity index (χ2v) is 3.95. The summed E-state index contributed by atoms with van der Waals surface area (Å²) in [6.07, 6.45) is 2.35. The molecule has 0 saturated carbocycles. The Morgan fingerprint density at radius 2 is 2.32 bits per heavy atom. The van der Waals surface area contributed by atoms with Gasteiger partial charge in [0.05, 0.1) is 17.6 Å². The summed E-state index contributed by atoms with van der Waals surface area (Å²) in [7, 11) is 0. The van der Waals surface area contributed by atoms with E-state index in [1.54, 1.807) is 13.8 Å². The van der Waals surface area contributed by atoms with Crippen molar-refractivity contribution in [3.05, 3.63) is 27.9 Å². The molecule has 0 amide bonds. The molecule has 0 atom stereocenters. The lowest BCUT2D eigenvalue weighted by molar-refractivity contribution is -0.385. The molecule has 0 aliphatic carbocycles. The first kappa shape index (κ1) is 14.9. The number of carbonyl (C=O) groups excluding carboxylic acids is 1. The Kier molecular flexibility index (Phi) is 5.72. The highest BCUT2D eigenvalue weighted by atomic mass is 16.6. The Bertz CT molecular complexity index is 462. The maximum atomic E-state index is 11.1. The zero-order valence-electron chi connectivity index (χ0n) is 11.0. The molecule has 0 unspecified atom stereocenters. The lowest BCUT2D eigenvalue weighted by atomic mass is 10.2. The van der Waals surface area contributed by atoms with Gasteiger partial charge in [-0.2, -0.15) is 0 Å². The highest BCUT2D eigenvalue weighted by Gasteiger charge is 2.11. The first-order valence-corrected chi connectivity index (χ1v) is 6.05. The third-order valence-electron chi connectivity index (χ3n) is 2.44. The SMILES string of the molecule is CCOC(=O)CCCNc1cc([N+](=O)[O-])c(C)cn1. The molecule has 1 aromatic rings. The summed E-state index contributed by atoms with van der Waals surface area (Å²) >= 11 is 0. The fourth-order valence-electron chi connectivity index (χ4n) is 1.49. The minimum atomic E-state index is -0.444. The fourth-order valence-corrected chi connectivity index (χ4v) is 1.49. The van der Waals surface area contributed by atoms with Gasteiger partial charge < -0.3 is 10.1 Å². The molecule has 0 spiro atoms. The lowest BCUT2D eigenvalue weighted by Gasteiger charge is -2.06. The highest BCUT2D eigenvalue weighted by molar-refractivity contribution is 5.69. The van der Waals surface area contributed by atoms with Crippen molar-refractivity contribution in [3.63, 3.8) is 0 Å². The summed E-state index contributed by atoms with van der Waals surface area (Å²) in [5.74, 6) is 0.188. The van der Waals surface area contributed by atoms with Crippen LogP contribution in [0.25, 0.3) is 0 Å². The minimum absolute atomic E-state index is 0.0305. The van der Waals surface area contributed by atoms with Gasteiger partial charge in [-0.05, 0) is 20.3 Å². The summed E-state index contributed by atoms with van der Waals surface area (Å²) in [5.41, 5.74) is 0.546. The number of carbonyl (C=O) groups is 1. The molecule has 0 aromatic carbocycles. The van der Waals surface area contributed by atoms with Gasteiger partial charge in [-0.1, -0.05) is 0 Å². The Morgan fingerprint density at radius 3 is 2.95 bits per heavy atom. The number of esters is 1. The Morgan fingerprint density at radius 1 is 1.58 bits per heavy atom. The number of hydrogen-bond acceptors (Lipinski definition) is 6. The van der Waals surface area contributed by atoms with E-state index >= 15 is 0 Å². The maximum Gasteiger partial charge on any atom is 0.305 e. The monoisotopic (exact) mass is 267 g/mol. The van der Waals surface area contributed by atoms with Crippen molar-refractivity contribution >= 4 is 17.5 Å². The van der Waals surface area contributed by atoms with E-state index in [-0.39, 0.29) is 11.7 Å². The summed E-state index contributed by atoms with van der Waals surface area (Å²) in [6, 6.07) is 1.39. The van der Waals surface area contributed by atoms with Gasteiger partial charge >= 0.3 is 5.97 Å². The van der Waals surface area contributed by atoms with E-state index in [1.165, 1.54) is 12.3 Å². The maximum absolute atomic E-state index is 11.1. The summed E-state index contributed by atoms with van der Waals surface area (Å²) < 4.78 is 4.79. The molecule has 7 nitrogen and oxygen atoms in total. The van der Waals surface area contributed by atoms with Gasteiger partial charge in [-0.25, -0.2) is 4.98 Å². The van der Waals surface area contributed by atoms with Gasteiger partial charge in [0, 0.05) is 24.7 Å². The predicted molar refractivity (Wildman–Crippen MR) is 70.0 cm³/mol. The summed E-state index contributed by atoms with van der Waals surface area (Å²) in [6.45, 7) is 4.27. The zero-order chi connectivity index (χ0) is 14.3. The second-order valence-electron chi connectivity index (χ2n) is 3.95. The van der Waals surface area contributed by atoms with Gasteiger partial charge in [-0.15, -0.1) is 0 Å². The third kappa shape index (κ3) is 4.90. The van der Waals surface area contributed by atoms with E-state index in [1.807, 2.05) is 0 Å².